The average molecular weight is 387 g/mol. The van der Waals surface area contributed by atoms with Crippen molar-refractivity contribution in [3.8, 4) is 17.2 Å². The first-order valence-corrected chi connectivity index (χ1v) is 8.80. The first kappa shape index (κ1) is 21.0. The first-order valence-electron chi connectivity index (χ1n) is 8.80. The summed E-state index contributed by atoms with van der Waals surface area (Å²) in [6, 6.07) is 10.4. The average Bonchev–Trinajstić information content (AvgIpc) is 2.64. The zero-order valence-corrected chi connectivity index (χ0v) is 16.4. The molecule has 0 saturated carbocycles. The number of alkyl carbamates (subject to hydrolysis) is 1. The van der Waals surface area contributed by atoms with Crippen LogP contribution in [0.5, 0.6) is 17.2 Å². The Labute approximate surface area is 164 Å². The molecule has 28 heavy (non-hydrogen) atoms. The van der Waals surface area contributed by atoms with Crippen LogP contribution >= 0.6 is 0 Å². The fourth-order valence-corrected chi connectivity index (χ4v) is 2.17. The Bertz CT molecular complexity index is 817. The zero-order chi connectivity index (χ0) is 20.6. The summed E-state index contributed by atoms with van der Waals surface area (Å²) >= 11 is 0. The lowest BCUT2D eigenvalue weighted by Gasteiger charge is -2.19. The zero-order valence-electron chi connectivity index (χ0n) is 16.4. The third kappa shape index (κ3) is 6.79. The van der Waals surface area contributed by atoms with Gasteiger partial charge in [-0.15, -0.1) is 0 Å². The van der Waals surface area contributed by atoms with Gasteiger partial charge in [-0.05, 0) is 45.0 Å². The quantitative estimate of drug-likeness (QED) is 0.708. The molecular weight excluding hydrogens is 362 g/mol. The van der Waals surface area contributed by atoms with E-state index in [1.807, 2.05) is 0 Å². The van der Waals surface area contributed by atoms with Crippen molar-refractivity contribution < 1.29 is 23.8 Å². The Balaban J connectivity index is 1.92. The molecular formula is C20H25N3O5. The minimum Gasteiger partial charge on any atom is -0.497 e. The molecule has 2 rings (SSSR count). The molecule has 2 aromatic rings. The summed E-state index contributed by atoms with van der Waals surface area (Å²) < 4.78 is 16.1. The highest BCUT2D eigenvalue weighted by atomic mass is 16.6. The van der Waals surface area contributed by atoms with Gasteiger partial charge < -0.3 is 24.8 Å². The van der Waals surface area contributed by atoms with Crippen LogP contribution in [-0.4, -0.2) is 42.8 Å². The van der Waals surface area contributed by atoms with Crippen LogP contribution in [0.25, 0.3) is 0 Å². The van der Waals surface area contributed by atoms with Gasteiger partial charge in [0.1, 0.15) is 17.1 Å². The molecule has 0 aliphatic heterocycles. The second-order valence-corrected chi connectivity index (χ2v) is 6.82. The van der Waals surface area contributed by atoms with Gasteiger partial charge in [-0.3, -0.25) is 4.79 Å². The molecule has 1 heterocycles. The monoisotopic (exact) mass is 387 g/mol. The number of ether oxygens (including phenoxy) is 3. The lowest BCUT2D eigenvalue weighted by molar-refractivity contribution is 0.0526. The highest BCUT2D eigenvalue weighted by molar-refractivity contribution is 5.95. The number of hydrogen-bond donors (Lipinski definition) is 2. The molecule has 0 spiro atoms. The van der Waals surface area contributed by atoms with Gasteiger partial charge in [0.25, 0.3) is 5.91 Å². The molecule has 1 aromatic carbocycles. The largest absolute Gasteiger partial charge is 0.497 e. The first-order chi connectivity index (χ1) is 13.3. The van der Waals surface area contributed by atoms with Crippen molar-refractivity contribution in [2.75, 3.05) is 20.2 Å². The summed E-state index contributed by atoms with van der Waals surface area (Å²) in [5, 5.41) is 5.26. The number of methoxy groups -OCH3 is 1. The molecule has 8 heteroatoms. The van der Waals surface area contributed by atoms with E-state index in [1.165, 1.54) is 6.20 Å². The maximum atomic E-state index is 12.4. The number of rotatable bonds is 7. The van der Waals surface area contributed by atoms with E-state index in [-0.39, 0.29) is 18.8 Å². The fourth-order valence-electron chi connectivity index (χ4n) is 2.17. The van der Waals surface area contributed by atoms with Gasteiger partial charge in [0.2, 0.25) is 0 Å². The van der Waals surface area contributed by atoms with Gasteiger partial charge in [-0.2, -0.15) is 0 Å². The number of nitrogens with zero attached hydrogens (tertiary/aromatic N) is 1. The van der Waals surface area contributed by atoms with Crippen LogP contribution in [0.15, 0.2) is 42.6 Å². The number of amides is 2. The molecule has 2 amide bonds. The number of hydrogen-bond acceptors (Lipinski definition) is 6. The molecule has 0 atom stereocenters. The normalized spacial score (nSPS) is 10.7. The number of benzene rings is 1. The third-order valence-electron chi connectivity index (χ3n) is 3.33. The summed E-state index contributed by atoms with van der Waals surface area (Å²) in [4.78, 5) is 28.1. The molecule has 0 saturated heterocycles. The summed E-state index contributed by atoms with van der Waals surface area (Å²) in [7, 11) is 1.56. The van der Waals surface area contributed by atoms with Crippen molar-refractivity contribution in [1.82, 2.24) is 15.6 Å². The Morgan fingerprint density at radius 3 is 2.46 bits per heavy atom. The second kappa shape index (κ2) is 9.59. The van der Waals surface area contributed by atoms with E-state index < -0.39 is 17.6 Å². The van der Waals surface area contributed by atoms with E-state index in [0.29, 0.717) is 17.2 Å². The summed E-state index contributed by atoms with van der Waals surface area (Å²) in [6.07, 6.45) is 0.966. The lowest BCUT2D eigenvalue weighted by Crippen LogP contribution is -2.38. The minimum absolute atomic E-state index is 0.141. The third-order valence-corrected chi connectivity index (χ3v) is 3.33. The lowest BCUT2D eigenvalue weighted by atomic mass is 10.2. The van der Waals surface area contributed by atoms with Crippen LogP contribution in [0.2, 0.25) is 0 Å². The molecule has 8 nitrogen and oxygen atoms in total. The SMILES string of the molecule is COc1cccc(Oc2cccnc2C(=O)NCCNC(=O)OC(C)(C)C)c1. The van der Waals surface area contributed by atoms with Gasteiger partial charge in [-0.1, -0.05) is 6.07 Å². The predicted molar refractivity (Wildman–Crippen MR) is 104 cm³/mol. The maximum Gasteiger partial charge on any atom is 0.407 e. The Kier molecular flexibility index (Phi) is 7.20. The molecule has 150 valence electrons. The van der Waals surface area contributed by atoms with Crippen molar-refractivity contribution in [2.45, 2.75) is 26.4 Å². The van der Waals surface area contributed by atoms with E-state index in [1.54, 1.807) is 64.3 Å². The van der Waals surface area contributed by atoms with Gasteiger partial charge in [0.05, 0.1) is 7.11 Å². The van der Waals surface area contributed by atoms with Crippen LogP contribution in [0.1, 0.15) is 31.3 Å². The van der Waals surface area contributed by atoms with Crippen LogP contribution in [-0.2, 0) is 4.74 Å². The smallest absolute Gasteiger partial charge is 0.407 e. The number of aromatic nitrogens is 1. The number of nitrogens with one attached hydrogen (secondary N) is 2. The number of carbonyl (C=O) groups is 2. The molecule has 0 bridgehead atoms. The highest BCUT2D eigenvalue weighted by Crippen LogP contribution is 2.26. The van der Waals surface area contributed by atoms with Crippen molar-refractivity contribution >= 4 is 12.0 Å². The molecule has 0 aliphatic carbocycles. The fraction of sp³-hybridized carbons (Fsp3) is 0.350. The van der Waals surface area contributed by atoms with Crippen molar-refractivity contribution in [3.05, 3.63) is 48.3 Å². The minimum atomic E-state index is -0.576. The van der Waals surface area contributed by atoms with E-state index >= 15 is 0 Å². The number of carbonyl (C=O) groups excluding carboxylic acids is 2. The Morgan fingerprint density at radius 1 is 1.04 bits per heavy atom. The number of pyridine rings is 1. The van der Waals surface area contributed by atoms with Gasteiger partial charge in [0, 0.05) is 25.4 Å². The van der Waals surface area contributed by atoms with E-state index in [4.69, 9.17) is 14.2 Å². The van der Waals surface area contributed by atoms with Crippen molar-refractivity contribution in [2.24, 2.45) is 0 Å². The van der Waals surface area contributed by atoms with Crippen LogP contribution in [0.3, 0.4) is 0 Å². The van der Waals surface area contributed by atoms with Gasteiger partial charge >= 0.3 is 6.09 Å². The van der Waals surface area contributed by atoms with Crippen LogP contribution < -0.4 is 20.1 Å². The maximum absolute atomic E-state index is 12.4. The summed E-state index contributed by atoms with van der Waals surface area (Å²) in [5.74, 6) is 1.06. The molecule has 0 aliphatic rings. The van der Waals surface area contributed by atoms with Crippen LogP contribution in [0, 0.1) is 0 Å². The van der Waals surface area contributed by atoms with Crippen molar-refractivity contribution in [1.29, 1.82) is 0 Å². The van der Waals surface area contributed by atoms with E-state index in [0.717, 1.165) is 0 Å². The Hall–Kier alpha value is -3.29. The van der Waals surface area contributed by atoms with Crippen molar-refractivity contribution in [3.63, 3.8) is 0 Å². The molecule has 0 radical (unpaired) electrons. The van der Waals surface area contributed by atoms with Gasteiger partial charge in [0.15, 0.2) is 11.4 Å². The second-order valence-electron chi connectivity index (χ2n) is 6.82. The standard InChI is InChI=1S/C20H25N3O5/c1-20(2,3)28-19(25)23-12-11-22-18(24)17-16(9-6-10-21-17)27-15-8-5-7-14(13-15)26-4/h5-10,13H,11-12H2,1-4H3,(H,22,24)(H,23,25). The Morgan fingerprint density at radius 2 is 1.75 bits per heavy atom. The molecule has 0 fully saturated rings. The molecule has 2 N–H and O–H groups in total. The van der Waals surface area contributed by atoms with Crippen LogP contribution in [0.4, 0.5) is 4.79 Å². The van der Waals surface area contributed by atoms with E-state index in [9.17, 15) is 9.59 Å². The predicted octanol–water partition coefficient (Wildman–Crippen LogP) is 3.14. The van der Waals surface area contributed by atoms with Gasteiger partial charge in [-0.25, -0.2) is 9.78 Å². The molecule has 1 aromatic heterocycles. The topological polar surface area (TPSA) is 98.8 Å². The highest BCUT2D eigenvalue weighted by Gasteiger charge is 2.17. The summed E-state index contributed by atoms with van der Waals surface area (Å²) in [5.41, 5.74) is -0.434. The molecule has 0 unspecified atom stereocenters. The summed E-state index contributed by atoms with van der Waals surface area (Å²) in [6.45, 7) is 5.77. The van der Waals surface area contributed by atoms with E-state index in [2.05, 4.69) is 15.6 Å².